The Morgan fingerprint density at radius 2 is 0.536 bits per heavy atom. The molecule has 0 fully saturated rings. The Morgan fingerprint density at radius 3 is 1.07 bits per heavy atom. The van der Waals surface area contributed by atoms with Crippen LogP contribution >= 0.6 is 0 Å². The average Bonchev–Trinajstić information content (AvgIpc) is 3.79. The number of furan rings is 1. The minimum absolute atomic E-state index is 0.879. The minimum Gasteiger partial charge on any atom is -0.456 e. The van der Waals surface area contributed by atoms with Crippen LogP contribution in [0.5, 0.6) is 0 Å². The summed E-state index contributed by atoms with van der Waals surface area (Å²) < 4.78 is 6.80. The molecule has 69 heavy (non-hydrogen) atoms. The molecule has 1 heterocycles. The Morgan fingerprint density at radius 1 is 0.174 bits per heavy atom. The molecule has 0 aliphatic rings. The van der Waals surface area contributed by atoms with Crippen LogP contribution in [0.3, 0.4) is 0 Å². The van der Waals surface area contributed by atoms with Gasteiger partial charge in [-0.2, -0.15) is 0 Å². The van der Waals surface area contributed by atoms with Crippen molar-refractivity contribution in [3.8, 4) is 66.8 Å². The zero-order chi connectivity index (χ0) is 45.4. The predicted octanol–water partition coefficient (Wildman–Crippen LogP) is 19.4. The van der Waals surface area contributed by atoms with E-state index in [-0.39, 0.29) is 0 Å². The van der Waals surface area contributed by atoms with E-state index in [0.717, 1.165) is 27.5 Å². The lowest BCUT2D eigenvalue weighted by Gasteiger charge is -2.19. The summed E-state index contributed by atoms with van der Waals surface area (Å²) in [7, 11) is 0. The largest absolute Gasteiger partial charge is 0.456 e. The van der Waals surface area contributed by atoms with Crippen LogP contribution in [-0.2, 0) is 0 Å². The maximum atomic E-state index is 6.80. The highest BCUT2D eigenvalue weighted by Gasteiger charge is 2.22. The Hall–Kier alpha value is -9.04. The van der Waals surface area contributed by atoms with Gasteiger partial charge >= 0.3 is 0 Å². The van der Waals surface area contributed by atoms with Gasteiger partial charge in [-0.3, -0.25) is 0 Å². The minimum atomic E-state index is 0.879. The molecule has 14 rings (SSSR count). The lowest BCUT2D eigenvalue weighted by atomic mass is 9.83. The van der Waals surface area contributed by atoms with Crippen molar-refractivity contribution in [3.05, 3.63) is 255 Å². The molecule has 0 bridgehead atoms. The first-order valence-electron chi connectivity index (χ1n) is 23.8. The van der Waals surface area contributed by atoms with E-state index in [1.165, 1.54) is 115 Å². The summed E-state index contributed by atoms with van der Waals surface area (Å²) in [5.74, 6) is 0. The van der Waals surface area contributed by atoms with E-state index in [4.69, 9.17) is 4.42 Å². The van der Waals surface area contributed by atoms with Crippen LogP contribution < -0.4 is 0 Å². The molecular formula is C68H42O. The van der Waals surface area contributed by atoms with Crippen LogP contribution in [0.2, 0.25) is 0 Å². The van der Waals surface area contributed by atoms with Gasteiger partial charge in [0.1, 0.15) is 11.2 Å². The monoisotopic (exact) mass is 874 g/mol. The molecule has 0 N–H and O–H groups in total. The Kier molecular flexibility index (Phi) is 8.97. The van der Waals surface area contributed by atoms with E-state index >= 15 is 0 Å². The fourth-order valence-corrected chi connectivity index (χ4v) is 11.4. The van der Waals surface area contributed by atoms with Crippen LogP contribution in [0.1, 0.15) is 0 Å². The van der Waals surface area contributed by atoms with Crippen molar-refractivity contribution in [3.63, 3.8) is 0 Å². The van der Waals surface area contributed by atoms with Gasteiger partial charge in [0.05, 0.1) is 0 Å². The van der Waals surface area contributed by atoms with E-state index in [1.807, 2.05) is 0 Å². The van der Waals surface area contributed by atoms with Crippen molar-refractivity contribution in [1.29, 1.82) is 0 Å². The third kappa shape index (κ3) is 6.25. The first-order valence-corrected chi connectivity index (χ1v) is 23.8. The predicted molar refractivity (Wildman–Crippen MR) is 294 cm³/mol. The molecule has 0 atom stereocenters. The van der Waals surface area contributed by atoms with E-state index in [2.05, 4.69) is 255 Å². The quantitative estimate of drug-likeness (QED) is 0.152. The van der Waals surface area contributed by atoms with Crippen LogP contribution in [0.4, 0.5) is 0 Å². The number of benzene rings is 13. The van der Waals surface area contributed by atoms with Gasteiger partial charge in [0.15, 0.2) is 0 Å². The molecule has 0 saturated carbocycles. The molecule has 0 unspecified atom stereocenters. The summed E-state index contributed by atoms with van der Waals surface area (Å²) >= 11 is 0. The van der Waals surface area contributed by atoms with Crippen molar-refractivity contribution in [2.75, 3.05) is 0 Å². The van der Waals surface area contributed by atoms with Gasteiger partial charge in [-0.15, -0.1) is 0 Å². The standard InChI is InChI=1S/C68H42O/c1-3-17-43(18-4-1)44-31-33-46(34-32-44)65-53-23-9-11-25-55(53)67(56-26-12-10-24-54(56)65)48-35-37-52-62-41-47(36-40-63(62)69-64(52)42-48)66-57-27-13-15-29-59(57)68(60-30-16-14-28-58(60)66)61-39-38-49(45-19-5-2-6-20-45)50-21-7-8-22-51(50)61/h1-42H. The number of rotatable bonds is 6. The topological polar surface area (TPSA) is 13.1 Å². The SMILES string of the molecule is c1ccc(-c2ccc(-c3c4ccccc4c(-c4ccc5c(c4)oc4ccc(-c6c7ccccc7c(-c7ccc(-c8ccccc8)c8ccccc78)c7ccccc67)cc45)c4ccccc34)cc2)cc1. The fraction of sp³-hybridized carbons (Fsp3) is 0. The van der Waals surface area contributed by atoms with Gasteiger partial charge in [0.25, 0.3) is 0 Å². The van der Waals surface area contributed by atoms with Gasteiger partial charge in [-0.25, -0.2) is 0 Å². The van der Waals surface area contributed by atoms with Gasteiger partial charge in [-0.05, 0) is 145 Å². The molecule has 0 saturated heterocycles. The van der Waals surface area contributed by atoms with Crippen LogP contribution in [0, 0.1) is 0 Å². The molecule has 0 radical (unpaired) electrons. The number of fused-ring (bicyclic) bond motifs is 8. The fourth-order valence-electron chi connectivity index (χ4n) is 11.4. The van der Waals surface area contributed by atoms with E-state index < -0.39 is 0 Å². The second-order valence-electron chi connectivity index (χ2n) is 18.2. The normalized spacial score (nSPS) is 11.8. The second kappa shape index (κ2) is 15.8. The van der Waals surface area contributed by atoms with Crippen molar-refractivity contribution in [1.82, 2.24) is 0 Å². The molecule has 13 aromatic carbocycles. The Labute approximate surface area is 399 Å². The Bertz CT molecular complexity index is 4220. The summed E-state index contributed by atoms with van der Waals surface area (Å²) in [5.41, 5.74) is 16.4. The highest BCUT2D eigenvalue weighted by atomic mass is 16.3. The second-order valence-corrected chi connectivity index (χ2v) is 18.2. The first-order chi connectivity index (χ1) is 34.2. The summed E-state index contributed by atoms with van der Waals surface area (Å²) in [6.45, 7) is 0. The zero-order valence-electron chi connectivity index (χ0n) is 37.7. The number of hydrogen-bond acceptors (Lipinski definition) is 1. The lowest BCUT2D eigenvalue weighted by Crippen LogP contribution is -1.92. The van der Waals surface area contributed by atoms with E-state index in [1.54, 1.807) is 0 Å². The summed E-state index contributed by atoms with van der Waals surface area (Å²) in [6.07, 6.45) is 0. The molecule has 1 aromatic heterocycles. The molecule has 1 heteroatoms. The maximum absolute atomic E-state index is 6.80. The molecule has 0 amide bonds. The molecule has 0 aliphatic carbocycles. The molecule has 0 spiro atoms. The van der Waals surface area contributed by atoms with Gasteiger partial charge < -0.3 is 4.42 Å². The van der Waals surface area contributed by atoms with Crippen molar-refractivity contribution < 1.29 is 4.42 Å². The van der Waals surface area contributed by atoms with Gasteiger partial charge in [0, 0.05) is 10.8 Å². The molecule has 0 aliphatic heterocycles. The zero-order valence-corrected chi connectivity index (χ0v) is 37.7. The van der Waals surface area contributed by atoms with Crippen LogP contribution in [0.25, 0.3) is 143 Å². The average molecular weight is 875 g/mol. The molecule has 320 valence electrons. The van der Waals surface area contributed by atoms with Crippen LogP contribution in [0.15, 0.2) is 259 Å². The number of hydrogen-bond donors (Lipinski definition) is 0. The maximum Gasteiger partial charge on any atom is 0.136 e. The third-order valence-electron chi connectivity index (χ3n) is 14.5. The van der Waals surface area contributed by atoms with E-state index in [0.29, 0.717) is 0 Å². The summed E-state index contributed by atoms with van der Waals surface area (Å²) in [6, 6.07) is 93.1. The van der Waals surface area contributed by atoms with E-state index in [9.17, 15) is 0 Å². The molecular weight excluding hydrogens is 833 g/mol. The first kappa shape index (κ1) is 39.2. The lowest BCUT2D eigenvalue weighted by molar-refractivity contribution is 0.669. The van der Waals surface area contributed by atoms with Gasteiger partial charge in [0.2, 0.25) is 0 Å². The smallest absolute Gasteiger partial charge is 0.136 e. The van der Waals surface area contributed by atoms with Crippen molar-refractivity contribution in [2.45, 2.75) is 0 Å². The molecule has 14 aromatic rings. The van der Waals surface area contributed by atoms with Crippen molar-refractivity contribution in [2.24, 2.45) is 0 Å². The van der Waals surface area contributed by atoms with Crippen LogP contribution in [-0.4, -0.2) is 0 Å². The summed E-state index contributed by atoms with van der Waals surface area (Å²) in [4.78, 5) is 0. The third-order valence-corrected chi connectivity index (χ3v) is 14.5. The Balaban J connectivity index is 0.919. The van der Waals surface area contributed by atoms with Crippen molar-refractivity contribution >= 4 is 75.8 Å². The summed E-state index contributed by atoms with van der Waals surface area (Å²) in [5, 5.41) is 14.6. The van der Waals surface area contributed by atoms with Gasteiger partial charge in [-0.1, -0.05) is 231 Å². The highest BCUT2D eigenvalue weighted by molar-refractivity contribution is 6.25. The molecule has 1 nitrogen and oxygen atoms in total. The highest BCUT2D eigenvalue weighted by Crippen LogP contribution is 2.49.